The van der Waals surface area contributed by atoms with Gasteiger partial charge >= 0.3 is 5.97 Å². The van der Waals surface area contributed by atoms with Crippen LogP contribution in [0.15, 0.2) is 23.8 Å². The molecule has 168 valence electrons. The summed E-state index contributed by atoms with van der Waals surface area (Å²) in [6.07, 6.45) is 6.84. The molecule has 5 aliphatic rings. The molecule has 1 saturated heterocycles. The average molecular weight is 430 g/mol. The van der Waals surface area contributed by atoms with E-state index in [0.717, 1.165) is 24.8 Å². The van der Waals surface area contributed by atoms with Crippen molar-refractivity contribution in [2.45, 2.75) is 63.9 Å². The Balaban J connectivity index is 1.52. The summed E-state index contributed by atoms with van der Waals surface area (Å²) in [6.45, 7) is 3.97. The first-order valence-electron chi connectivity index (χ1n) is 11.2. The van der Waals surface area contributed by atoms with Gasteiger partial charge in [-0.1, -0.05) is 25.5 Å². The molecular formula is C24H30O7. The van der Waals surface area contributed by atoms with Crippen LogP contribution < -0.4 is 0 Å². The molecule has 1 unspecified atom stereocenters. The van der Waals surface area contributed by atoms with Crippen molar-refractivity contribution >= 4 is 17.5 Å². The SMILES string of the molecule is COC(=O)C1OCC(=O)[C@]2(CC[C@H]3[C@@H]4CCC5=CC(=O)C=C[C@]5(C)[C@H]4[C@@H](O)C[C@@]32C)O1. The molecule has 8 atom stereocenters. The van der Waals surface area contributed by atoms with Crippen molar-refractivity contribution in [1.29, 1.82) is 0 Å². The summed E-state index contributed by atoms with van der Waals surface area (Å²) in [6, 6.07) is 0. The first kappa shape index (κ1) is 21.0. The van der Waals surface area contributed by atoms with Crippen molar-refractivity contribution in [2.24, 2.45) is 28.6 Å². The van der Waals surface area contributed by atoms with Crippen LogP contribution in [0.5, 0.6) is 0 Å². The lowest BCUT2D eigenvalue weighted by molar-refractivity contribution is -0.274. The van der Waals surface area contributed by atoms with Crippen LogP contribution in [0.25, 0.3) is 0 Å². The van der Waals surface area contributed by atoms with E-state index in [9.17, 15) is 19.5 Å². The molecule has 7 nitrogen and oxygen atoms in total. The highest BCUT2D eigenvalue weighted by Crippen LogP contribution is 2.68. The van der Waals surface area contributed by atoms with Crippen LogP contribution in [0.1, 0.15) is 46.0 Å². The summed E-state index contributed by atoms with van der Waals surface area (Å²) in [5.41, 5.74) is -1.02. The third-order valence-corrected chi connectivity index (χ3v) is 9.13. The monoisotopic (exact) mass is 430 g/mol. The standard InChI is InChI=1S/C24H30O7/c1-22-8-6-14(25)10-13(22)4-5-15-16-7-9-24(23(16,2)11-17(26)19(15)22)18(27)12-30-21(31-24)20(28)29-3/h6,8,10,15-17,19,21,26H,4-5,7,9,11-12H2,1-3H3/t15-,16-,17-,19+,21?,22-,23-,24-/m0/s1. The van der Waals surface area contributed by atoms with Crippen LogP contribution in [-0.2, 0) is 28.6 Å². The van der Waals surface area contributed by atoms with Gasteiger partial charge in [0.1, 0.15) is 12.2 Å². The number of methoxy groups -OCH3 is 1. The van der Waals surface area contributed by atoms with Crippen molar-refractivity contribution in [1.82, 2.24) is 0 Å². The molecule has 1 spiro atoms. The molecule has 3 saturated carbocycles. The quantitative estimate of drug-likeness (QED) is 0.636. The highest BCUT2D eigenvalue weighted by atomic mass is 16.7. The molecule has 0 aromatic carbocycles. The number of Topliss-reactive ketones (excluding diaryl/α,β-unsaturated/α-hetero) is 1. The van der Waals surface area contributed by atoms with E-state index in [0.29, 0.717) is 12.8 Å². The van der Waals surface area contributed by atoms with E-state index in [1.165, 1.54) is 7.11 Å². The van der Waals surface area contributed by atoms with Crippen LogP contribution in [0.3, 0.4) is 0 Å². The molecule has 4 fully saturated rings. The summed E-state index contributed by atoms with van der Waals surface area (Å²) < 4.78 is 16.2. The molecule has 4 aliphatic carbocycles. The Morgan fingerprint density at radius 3 is 2.77 bits per heavy atom. The number of allylic oxidation sites excluding steroid dienone is 4. The maximum atomic E-state index is 13.2. The molecule has 1 heterocycles. The van der Waals surface area contributed by atoms with Gasteiger partial charge in [-0.15, -0.1) is 0 Å². The van der Waals surface area contributed by atoms with E-state index < -0.39 is 29.4 Å². The van der Waals surface area contributed by atoms with Crippen LogP contribution >= 0.6 is 0 Å². The van der Waals surface area contributed by atoms with Crippen molar-refractivity contribution in [2.75, 3.05) is 13.7 Å². The molecule has 7 heteroatoms. The second-order valence-electron chi connectivity index (χ2n) is 10.3. The lowest BCUT2D eigenvalue weighted by Crippen LogP contribution is -2.65. The van der Waals surface area contributed by atoms with Gasteiger partial charge in [-0.25, -0.2) is 4.79 Å². The summed E-state index contributed by atoms with van der Waals surface area (Å²) in [5, 5.41) is 11.5. The number of aliphatic hydroxyl groups is 1. The number of hydrogen-bond donors (Lipinski definition) is 1. The largest absolute Gasteiger partial charge is 0.465 e. The van der Waals surface area contributed by atoms with Gasteiger partial charge in [-0.2, -0.15) is 0 Å². The zero-order chi connectivity index (χ0) is 22.2. The number of ketones is 2. The number of ether oxygens (including phenoxy) is 3. The van der Waals surface area contributed by atoms with Gasteiger partial charge in [0.2, 0.25) is 0 Å². The molecule has 5 rings (SSSR count). The van der Waals surface area contributed by atoms with Crippen molar-refractivity contribution in [3.8, 4) is 0 Å². The van der Waals surface area contributed by atoms with Gasteiger partial charge < -0.3 is 19.3 Å². The van der Waals surface area contributed by atoms with Gasteiger partial charge in [0, 0.05) is 16.7 Å². The van der Waals surface area contributed by atoms with Crippen molar-refractivity contribution in [3.63, 3.8) is 0 Å². The van der Waals surface area contributed by atoms with Crippen LogP contribution in [0, 0.1) is 28.6 Å². The molecular weight excluding hydrogens is 400 g/mol. The third-order valence-electron chi connectivity index (χ3n) is 9.13. The molecule has 31 heavy (non-hydrogen) atoms. The van der Waals surface area contributed by atoms with Crippen molar-refractivity contribution < 1.29 is 33.7 Å². The Hall–Kier alpha value is -1.83. The van der Waals surface area contributed by atoms with Gasteiger partial charge in [0.05, 0.1) is 13.2 Å². The second-order valence-corrected chi connectivity index (χ2v) is 10.3. The first-order valence-corrected chi connectivity index (χ1v) is 11.2. The molecule has 1 aliphatic heterocycles. The van der Waals surface area contributed by atoms with Gasteiger partial charge in [-0.3, -0.25) is 9.59 Å². The number of hydrogen-bond acceptors (Lipinski definition) is 7. The van der Waals surface area contributed by atoms with E-state index in [1.54, 1.807) is 12.2 Å². The van der Waals surface area contributed by atoms with E-state index >= 15 is 0 Å². The van der Waals surface area contributed by atoms with Crippen molar-refractivity contribution in [3.05, 3.63) is 23.8 Å². The van der Waals surface area contributed by atoms with E-state index in [4.69, 9.17) is 14.2 Å². The first-order chi connectivity index (χ1) is 14.7. The van der Waals surface area contributed by atoms with E-state index in [2.05, 4.69) is 6.92 Å². The molecule has 0 bridgehead atoms. The minimum Gasteiger partial charge on any atom is -0.465 e. The molecule has 0 aromatic rings. The summed E-state index contributed by atoms with van der Waals surface area (Å²) in [7, 11) is 1.27. The predicted octanol–water partition coefficient (Wildman–Crippen LogP) is 2.12. The highest BCUT2D eigenvalue weighted by Gasteiger charge is 2.70. The fraction of sp³-hybridized carbons (Fsp3) is 0.708. The topological polar surface area (TPSA) is 99.1 Å². The number of esters is 1. The third kappa shape index (κ3) is 2.66. The smallest absolute Gasteiger partial charge is 0.363 e. The Bertz CT molecular complexity index is 906. The maximum absolute atomic E-state index is 13.2. The Labute approximate surface area is 181 Å². The number of aliphatic hydroxyl groups excluding tert-OH is 1. The van der Waals surface area contributed by atoms with Gasteiger partial charge in [0.25, 0.3) is 6.29 Å². The number of rotatable bonds is 1. The van der Waals surface area contributed by atoms with E-state index in [-0.39, 0.29) is 41.3 Å². The number of carbonyl (C=O) groups excluding carboxylic acids is 3. The lowest BCUT2D eigenvalue weighted by Gasteiger charge is -2.60. The summed E-state index contributed by atoms with van der Waals surface area (Å²) in [4.78, 5) is 37.3. The summed E-state index contributed by atoms with van der Waals surface area (Å²) >= 11 is 0. The van der Waals surface area contributed by atoms with Crippen LogP contribution in [-0.4, -0.2) is 54.4 Å². The van der Waals surface area contributed by atoms with Crippen LogP contribution in [0.2, 0.25) is 0 Å². The Kier molecular flexibility index (Phi) is 4.64. The van der Waals surface area contributed by atoms with Crippen LogP contribution in [0.4, 0.5) is 0 Å². The fourth-order valence-electron chi connectivity index (χ4n) is 7.73. The molecule has 1 N–H and O–H groups in total. The molecule has 0 radical (unpaired) electrons. The minimum atomic E-state index is -1.22. The van der Waals surface area contributed by atoms with Gasteiger partial charge in [-0.05, 0) is 56.1 Å². The minimum absolute atomic E-state index is 0.0101. The van der Waals surface area contributed by atoms with Gasteiger partial charge in [0.15, 0.2) is 11.6 Å². The zero-order valence-electron chi connectivity index (χ0n) is 18.3. The number of fused-ring (bicyclic) bond motifs is 6. The Morgan fingerprint density at radius 1 is 1.26 bits per heavy atom. The zero-order valence-corrected chi connectivity index (χ0v) is 18.3. The lowest BCUT2D eigenvalue weighted by atomic mass is 9.46. The highest BCUT2D eigenvalue weighted by molar-refractivity contribution is 6.01. The Morgan fingerprint density at radius 2 is 2.03 bits per heavy atom. The predicted molar refractivity (Wildman–Crippen MR) is 109 cm³/mol. The normalized spacial score (nSPS) is 48.6. The maximum Gasteiger partial charge on any atom is 0.363 e. The fourth-order valence-corrected chi connectivity index (χ4v) is 7.73. The average Bonchev–Trinajstić information content (AvgIpc) is 3.02. The summed E-state index contributed by atoms with van der Waals surface area (Å²) in [5.74, 6) is -0.443. The second kappa shape index (κ2) is 6.83. The number of carbonyl (C=O) groups is 3. The van der Waals surface area contributed by atoms with E-state index in [1.807, 2.05) is 13.0 Å². The molecule has 0 aromatic heterocycles. The molecule has 0 amide bonds.